The maximum Gasteiger partial charge on any atom is 0.137 e. The molecule has 0 aromatic heterocycles. The number of halogens is 2. The summed E-state index contributed by atoms with van der Waals surface area (Å²) in [5.41, 5.74) is 1.07. The summed E-state index contributed by atoms with van der Waals surface area (Å²) < 4.78 is 14.0. The SMILES string of the molecule is Fc1cccc(CC2CCCCCN2)c1Br. The molecule has 1 aliphatic rings. The predicted molar refractivity (Wildman–Crippen MR) is 68.1 cm³/mol. The minimum Gasteiger partial charge on any atom is -0.314 e. The maximum atomic E-state index is 13.3. The minimum atomic E-state index is -0.161. The van der Waals surface area contributed by atoms with Crippen LogP contribution in [0.5, 0.6) is 0 Å². The van der Waals surface area contributed by atoms with Gasteiger partial charge >= 0.3 is 0 Å². The van der Waals surface area contributed by atoms with E-state index in [1.807, 2.05) is 6.07 Å². The number of rotatable bonds is 2. The van der Waals surface area contributed by atoms with Crippen LogP contribution in [0.15, 0.2) is 22.7 Å². The summed E-state index contributed by atoms with van der Waals surface area (Å²) >= 11 is 3.32. The van der Waals surface area contributed by atoms with E-state index in [2.05, 4.69) is 21.2 Å². The first-order valence-corrected chi connectivity index (χ1v) is 6.73. The smallest absolute Gasteiger partial charge is 0.137 e. The lowest BCUT2D eigenvalue weighted by Crippen LogP contribution is -2.30. The van der Waals surface area contributed by atoms with Gasteiger partial charge in [-0.2, -0.15) is 0 Å². The van der Waals surface area contributed by atoms with E-state index in [9.17, 15) is 4.39 Å². The summed E-state index contributed by atoms with van der Waals surface area (Å²) in [6, 6.07) is 5.78. The van der Waals surface area contributed by atoms with Crippen LogP contribution in [0, 0.1) is 5.82 Å². The Hall–Kier alpha value is -0.410. The molecule has 1 aliphatic heterocycles. The third kappa shape index (κ3) is 3.05. The van der Waals surface area contributed by atoms with E-state index < -0.39 is 0 Å². The molecule has 1 aromatic rings. The predicted octanol–water partition coefficient (Wildman–Crippen LogP) is 3.66. The Labute approximate surface area is 105 Å². The summed E-state index contributed by atoms with van der Waals surface area (Å²) in [5, 5.41) is 3.53. The average molecular weight is 286 g/mol. The van der Waals surface area contributed by atoms with Crippen molar-refractivity contribution in [2.45, 2.75) is 38.1 Å². The molecule has 0 amide bonds. The Bertz CT molecular complexity index is 346. The zero-order chi connectivity index (χ0) is 11.4. The Balaban J connectivity index is 2.04. The summed E-state index contributed by atoms with van der Waals surface area (Å²) in [6.45, 7) is 1.09. The molecule has 0 saturated carbocycles. The molecular formula is C13H17BrFN. The van der Waals surface area contributed by atoms with Crippen LogP contribution in [-0.4, -0.2) is 12.6 Å². The van der Waals surface area contributed by atoms with Crippen molar-refractivity contribution in [2.75, 3.05) is 6.54 Å². The zero-order valence-electron chi connectivity index (χ0n) is 9.31. The van der Waals surface area contributed by atoms with Gasteiger partial charge in [0.05, 0.1) is 4.47 Å². The molecule has 0 aliphatic carbocycles. The van der Waals surface area contributed by atoms with Gasteiger partial charge in [0.2, 0.25) is 0 Å². The molecule has 1 atom stereocenters. The molecule has 1 heterocycles. The Kier molecular flexibility index (Phi) is 4.36. The first-order chi connectivity index (χ1) is 7.77. The monoisotopic (exact) mass is 285 g/mol. The molecule has 1 nitrogen and oxygen atoms in total. The van der Waals surface area contributed by atoms with Crippen LogP contribution in [0.4, 0.5) is 4.39 Å². The molecule has 1 unspecified atom stereocenters. The van der Waals surface area contributed by atoms with E-state index in [0.717, 1.165) is 18.5 Å². The molecule has 1 aromatic carbocycles. The molecule has 2 rings (SSSR count). The summed E-state index contributed by atoms with van der Waals surface area (Å²) in [6.07, 6.45) is 5.97. The van der Waals surface area contributed by atoms with Crippen LogP contribution in [0.1, 0.15) is 31.2 Å². The molecular weight excluding hydrogens is 269 g/mol. The Morgan fingerprint density at radius 2 is 2.19 bits per heavy atom. The lowest BCUT2D eigenvalue weighted by molar-refractivity contribution is 0.505. The second-order valence-electron chi connectivity index (χ2n) is 4.42. The summed E-state index contributed by atoms with van der Waals surface area (Å²) in [7, 11) is 0. The van der Waals surface area contributed by atoms with Crippen molar-refractivity contribution in [3.63, 3.8) is 0 Å². The van der Waals surface area contributed by atoms with Gasteiger partial charge in [0.25, 0.3) is 0 Å². The molecule has 88 valence electrons. The van der Waals surface area contributed by atoms with E-state index in [4.69, 9.17) is 0 Å². The maximum absolute atomic E-state index is 13.3. The molecule has 0 bridgehead atoms. The van der Waals surface area contributed by atoms with Crippen molar-refractivity contribution in [3.05, 3.63) is 34.1 Å². The quantitative estimate of drug-likeness (QED) is 0.874. The molecule has 0 spiro atoms. The second kappa shape index (κ2) is 5.78. The van der Waals surface area contributed by atoms with Gasteiger partial charge in [0, 0.05) is 6.04 Å². The van der Waals surface area contributed by atoms with E-state index in [-0.39, 0.29) is 5.82 Å². The normalized spacial score (nSPS) is 21.8. The van der Waals surface area contributed by atoms with Crippen molar-refractivity contribution in [1.29, 1.82) is 0 Å². The zero-order valence-corrected chi connectivity index (χ0v) is 10.9. The van der Waals surface area contributed by atoms with E-state index >= 15 is 0 Å². The number of hydrogen-bond acceptors (Lipinski definition) is 1. The van der Waals surface area contributed by atoms with Crippen molar-refractivity contribution < 1.29 is 4.39 Å². The van der Waals surface area contributed by atoms with Crippen LogP contribution in [0.3, 0.4) is 0 Å². The van der Waals surface area contributed by atoms with Crippen molar-refractivity contribution in [2.24, 2.45) is 0 Å². The van der Waals surface area contributed by atoms with Crippen molar-refractivity contribution >= 4 is 15.9 Å². The van der Waals surface area contributed by atoms with Crippen LogP contribution < -0.4 is 5.32 Å². The van der Waals surface area contributed by atoms with Crippen LogP contribution >= 0.6 is 15.9 Å². The molecule has 1 N–H and O–H groups in total. The van der Waals surface area contributed by atoms with Gasteiger partial charge in [0.1, 0.15) is 5.82 Å². The van der Waals surface area contributed by atoms with Gasteiger partial charge < -0.3 is 5.32 Å². The minimum absolute atomic E-state index is 0.161. The van der Waals surface area contributed by atoms with Crippen LogP contribution in [-0.2, 0) is 6.42 Å². The first kappa shape index (κ1) is 12.1. The van der Waals surface area contributed by atoms with Crippen molar-refractivity contribution in [1.82, 2.24) is 5.32 Å². The van der Waals surface area contributed by atoms with Gasteiger partial charge in [-0.25, -0.2) is 4.39 Å². The average Bonchev–Trinajstić information content (AvgIpc) is 2.53. The van der Waals surface area contributed by atoms with E-state index in [1.165, 1.54) is 31.7 Å². The van der Waals surface area contributed by atoms with Gasteiger partial charge in [-0.3, -0.25) is 0 Å². The van der Waals surface area contributed by atoms with Gasteiger partial charge in [-0.1, -0.05) is 25.0 Å². The van der Waals surface area contributed by atoms with Crippen molar-refractivity contribution in [3.8, 4) is 0 Å². The fourth-order valence-corrected chi connectivity index (χ4v) is 2.67. The fourth-order valence-electron chi connectivity index (χ4n) is 2.25. The summed E-state index contributed by atoms with van der Waals surface area (Å²) in [5.74, 6) is -0.161. The van der Waals surface area contributed by atoms with Gasteiger partial charge in [-0.05, 0) is 53.4 Å². The molecule has 3 heteroatoms. The molecule has 16 heavy (non-hydrogen) atoms. The highest BCUT2D eigenvalue weighted by Gasteiger charge is 2.14. The third-order valence-electron chi connectivity index (χ3n) is 3.16. The fraction of sp³-hybridized carbons (Fsp3) is 0.538. The molecule has 0 radical (unpaired) electrons. The van der Waals surface area contributed by atoms with Crippen LogP contribution in [0.25, 0.3) is 0 Å². The topological polar surface area (TPSA) is 12.0 Å². The highest BCUT2D eigenvalue weighted by atomic mass is 79.9. The first-order valence-electron chi connectivity index (χ1n) is 5.93. The Morgan fingerprint density at radius 3 is 3.06 bits per heavy atom. The number of benzene rings is 1. The largest absolute Gasteiger partial charge is 0.314 e. The third-order valence-corrected chi connectivity index (χ3v) is 4.05. The molecule has 1 fully saturated rings. The highest BCUT2D eigenvalue weighted by Crippen LogP contribution is 2.23. The lowest BCUT2D eigenvalue weighted by Gasteiger charge is -2.16. The molecule has 1 saturated heterocycles. The van der Waals surface area contributed by atoms with Gasteiger partial charge in [-0.15, -0.1) is 0 Å². The van der Waals surface area contributed by atoms with E-state index in [0.29, 0.717) is 10.5 Å². The second-order valence-corrected chi connectivity index (χ2v) is 5.21. The number of hydrogen-bond donors (Lipinski definition) is 1. The van der Waals surface area contributed by atoms with E-state index in [1.54, 1.807) is 6.07 Å². The summed E-state index contributed by atoms with van der Waals surface area (Å²) in [4.78, 5) is 0. The number of nitrogens with one attached hydrogen (secondary N) is 1. The van der Waals surface area contributed by atoms with Crippen LogP contribution in [0.2, 0.25) is 0 Å². The highest BCUT2D eigenvalue weighted by molar-refractivity contribution is 9.10. The lowest BCUT2D eigenvalue weighted by atomic mass is 10.0. The van der Waals surface area contributed by atoms with Gasteiger partial charge in [0.15, 0.2) is 0 Å². The standard InChI is InChI=1S/C13H17BrFN/c14-13-10(5-4-7-12(13)15)9-11-6-2-1-3-8-16-11/h4-5,7,11,16H,1-3,6,8-9H2. The Morgan fingerprint density at radius 1 is 1.31 bits per heavy atom.